The number of likely N-dealkylation sites (N-methyl/N-ethyl adjacent to an activating group) is 1. The van der Waals surface area contributed by atoms with E-state index < -0.39 is 10.0 Å². The van der Waals surface area contributed by atoms with Crippen LogP contribution in [0.2, 0.25) is 0 Å². The van der Waals surface area contributed by atoms with E-state index in [0.29, 0.717) is 38.3 Å². The average Bonchev–Trinajstić information content (AvgIpc) is 3.07. The summed E-state index contributed by atoms with van der Waals surface area (Å²) in [5, 5.41) is 0. The van der Waals surface area contributed by atoms with Crippen LogP contribution in [0.3, 0.4) is 0 Å². The van der Waals surface area contributed by atoms with E-state index in [4.69, 9.17) is 4.74 Å². The van der Waals surface area contributed by atoms with Crippen molar-refractivity contribution in [2.24, 2.45) is 0 Å². The van der Waals surface area contributed by atoms with Gasteiger partial charge in [-0.3, -0.25) is 4.79 Å². The van der Waals surface area contributed by atoms with Gasteiger partial charge in [0.15, 0.2) is 0 Å². The maximum atomic E-state index is 12.5. The third-order valence-corrected chi connectivity index (χ3v) is 5.99. The normalized spacial score (nSPS) is 22.7. The summed E-state index contributed by atoms with van der Waals surface area (Å²) in [7, 11) is -1.55. The Morgan fingerprint density at radius 1 is 1.17 bits per heavy atom. The first kappa shape index (κ1) is 17.3. The van der Waals surface area contributed by atoms with Gasteiger partial charge in [0.25, 0.3) is 5.91 Å². The molecule has 2 heterocycles. The van der Waals surface area contributed by atoms with E-state index >= 15 is 0 Å². The Hall–Kier alpha value is -1.48. The first-order valence-corrected chi connectivity index (χ1v) is 9.62. The van der Waals surface area contributed by atoms with Crippen LogP contribution in [0.1, 0.15) is 16.8 Å². The van der Waals surface area contributed by atoms with Crippen molar-refractivity contribution in [1.29, 1.82) is 0 Å². The molecule has 2 saturated heterocycles. The molecule has 132 valence electrons. The fourth-order valence-electron chi connectivity index (χ4n) is 2.88. The highest BCUT2D eigenvalue weighted by molar-refractivity contribution is 7.89. The predicted molar refractivity (Wildman–Crippen MR) is 89.4 cm³/mol. The van der Waals surface area contributed by atoms with Crippen LogP contribution >= 0.6 is 0 Å². The Labute approximate surface area is 142 Å². The summed E-state index contributed by atoms with van der Waals surface area (Å²) in [5.41, 5.74) is 0.516. The molecule has 2 aliphatic rings. The highest BCUT2D eigenvalue weighted by Gasteiger charge is 2.24. The molecule has 24 heavy (non-hydrogen) atoms. The van der Waals surface area contributed by atoms with Crippen LogP contribution in [0.5, 0.6) is 0 Å². The van der Waals surface area contributed by atoms with Crippen LogP contribution in [0, 0.1) is 0 Å². The molecule has 2 aliphatic heterocycles. The van der Waals surface area contributed by atoms with Crippen molar-refractivity contribution in [3.05, 3.63) is 29.8 Å². The van der Waals surface area contributed by atoms with Crippen molar-refractivity contribution < 1.29 is 17.9 Å². The molecule has 0 radical (unpaired) electrons. The molecular weight excluding hydrogens is 330 g/mol. The molecule has 1 N–H and O–H groups in total. The maximum absolute atomic E-state index is 12.5. The number of sulfonamides is 1. The largest absolute Gasteiger partial charge is 0.380 e. The second-order valence-corrected chi connectivity index (χ2v) is 8.02. The van der Waals surface area contributed by atoms with Gasteiger partial charge in [0.1, 0.15) is 0 Å². The Bertz CT molecular complexity index is 676. The van der Waals surface area contributed by atoms with Gasteiger partial charge in [-0.1, -0.05) is 0 Å². The molecule has 0 aromatic heterocycles. The van der Waals surface area contributed by atoms with Gasteiger partial charge < -0.3 is 14.5 Å². The molecular formula is C16H23N3O4S. The molecule has 3 rings (SSSR count). The van der Waals surface area contributed by atoms with E-state index in [1.165, 1.54) is 12.1 Å². The Morgan fingerprint density at radius 3 is 2.42 bits per heavy atom. The van der Waals surface area contributed by atoms with Crippen LogP contribution in [0.25, 0.3) is 0 Å². The molecule has 0 aliphatic carbocycles. The number of hydrogen-bond acceptors (Lipinski definition) is 5. The van der Waals surface area contributed by atoms with Crippen molar-refractivity contribution in [2.45, 2.75) is 17.4 Å². The molecule has 7 nitrogen and oxygen atoms in total. The average molecular weight is 353 g/mol. The molecule has 1 aromatic carbocycles. The van der Waals surface area contributed by atoms with E-state index in [1.807, 2.05) is 7.05 Å². The third-order valence-electron chi connectivity index (χ3n) is 4.45. The van der Waals surface area contributed by atoms with Crippen LogP contribution in [0.15, 0.2) is 29.2 Å². The highest BCUT2D eigenvalue weighted by atomic mass is 32.2. The lowest BCUT2D eigenvalue weighted by molar-refractivity contribution is 0.0664. The fraction of sp³-hybridized carbons (Fsp3) is 0.562. The van der Waals surface area contributed by atoms with Gasteiger partial charge in [0, 0.05) is 44.4 Å². The van der Waals surface area contributed by atoms with E-state index in [1.54, 1.807) is 17.0 Å². The van der Waals surface area contributed by atoms with Crippen molar-refractivity contribution in [1.82, 2.24) is 14.5 Å². The molecule has 1 amide bonds. The van der Waals surface area contributed by atoms with Gasteiger partial charge in [0.05, 0.1) is 11.5 Å². The second-order valence-electron chi connectivity index (χ2n) is 6.30. The van der Waals surface area contributed by atoms with E-state index in [0.717, 1.165) is 13.1 Å². The number of carbonyl (C=O) groups excluding carboxylic acids is 1. The highest BCUT2D eigenvalue weighted by Crippen LogP contribution is 2.15. The zero-order chi connectivity index (χ0) is 17.2. The SMILES string of the molecule is CN1CCN(C(=O)c2ccc(S(=O)(=O)NC3CCOC3)cc2)CC1. The zero-order valence-corrected chi connectivity index (χ0v) is 14.6. The Balaban J connectivity index is 1.67. The van der Waals surface area contributed by atoms with Gasteiger partial charge in [-0.05, 0) is 37.7 Å². The molecule has 2 fully saturated rings. The van der Waals surface area contributed by atoms with Crippen LogP contribution in [0.4, 0.5) is 0 Å². The second kappa shape index (κ2) is 7.18. The summed E-state index contributed by atoms with van der Waals surface area (Å²) in [6.45, 7) is 4.07. The van der Waals surface area contributed by atoms with Gasteiger partial charge in [-0.25, -0.2) is 13.1 Å². The number of carbonyl (C=O) groups is 1. The summed E-state index contributed by atoms with van der Waals surface area (Å²) in [5.74, 6) is -0.0517. The van der Waals surface area contributed by atoms with Crippen LogP contribution < -0.4 is 4.72 Å². The van der Waals surface area contributed by atoms with Gasteiger partial charge >= 0.3 is 0 Å². The van der Waals surface area contributed by atoms with Crippen LogP contribution in [-0.2, 0) is 14.8 Å². The lowest BCUT2D eigenvalue weighted by Crippen LogP contribution is -2.47. The minimum absolute atomic E-state index is 0.0517. The first-order chi connectivity index (χ1) is 11.5. The summed E-state index contributed by atoms with van der Waals surface area (Å²) in [6, 6.07) is 5.96. The van der Waals surface area contributed by atoms with Gasteiger partial charge in [-0.2, -0.15) is 0 Å². The maximum Gasteiger partial charge on any atom is 0.253 e. The monoisotopic (exact) mass is 353 g/mol. The number of amides is 1. The van der Waals surface area contributed by atoms with Crippen molar-refractivity contribution in [2.75, 3.05) is 46.4 Å². The van der Waals surface area contributed by atoms with Crippen molar-refractivity contribution in [3.8, 4) is 0 Å². The van der Waals surface area contributed by atoms with Gasteiger partial charge in [0.2, 0.25) is 10.0 Å². The summed E-state index contributed by atoms with van der Waals surface area (Å²) >= 11 is 0. The topological polar surface area (TPSA) is 79.0 Å². The number of hydrogen-bond donors (Lipinski definition) is 1. The minimum atomic E-state index is -3.58. The predicted octanol–water partition coefficient (Wildman–Crippen LogP) is 0.141. The van der Waals surface area contributed by atoms with Crippen LogP contribution in [-0.4, -0.2) is 76.6 Å². The zero-order valence-electron chi connectivity index (χ0n) is 13.8. The summed E-state index contributed by atoms with van der Waals surface area (Å²) in [4.78, 5) is 16.6. The number of nitrogens with one attached hydrogen (secondary N) is 1. The standard InChI is InChI=1S/C16H23N3O4S/c1-18-7-9-19(10-8-18)16(20)13-2-4-15(5-3-13)24(21,22)17-14-6-11-23-12-14/h2-5,14,17H,6-12H2,1H3. The van der Waals surface area contributed by atoms with E-state index in [9.17, 15) is 13.2 Å². The molecule has 0 spiro atoms. The number of rotatable bonds is 4. The molecule has 0 bridgehead atoms. The number of ether oxygens (including phenoxy) is 1. The number of nitrogens with zero attached hydrogens (tertiary/aromatic N) is 2. The number of benzene rings is 1. The molecule has 1 atom stereocenters. The third kappa shape index (κ3) is 3.94. The molecule has 1 aromatic rings. The summed E-state index contributed by atoms with van der Waals surface area (Å²) < 4.78 is 32.5. The summed E-state index contributed by atoms with van der Waals surface area (Å²) in [6.07, 6.45) is 0.680. The molecule has 8 heteroatoms. The Morgan fingerprint density at radius 2 is 1.83 bits per heavy atom. The van der Waals surface area contributed by atoms with Gasteiger partial charge in [-0.15, -0.1) is 0 Å². The smallest absolute Gasteiger partial charge is 0.253 e. The number of piperazine rings is 1. The van der Waals surface area contributed by atoms with Crippen molar-refractivity contribution >= 4 is 15.9 Å². The van der Waals surface area contributed by atoms with Crippen molar-refractivity contribution in [3.63, 3.8) is 0 Å². The quantitative estimate of drug-likeness (QED) is 0.833. The molecule has 0 saturated carbocycles. The molecule has 1 unspecified atom stereocenters. The first-order valence-electron chi connectivity index (χ1n) is 8.14. The lowest BCUT2D eigenvalue weighted by Gasteiger charge is -2.32. The lowest BCUT2D eigenvalue weighted by atomic mass is 10.2. The minimum Gasteiger partial charge on any atom is -0.380 e. The van der Waals surface area contributed by atoms with E-state index in [2.05, 4.69) is 9.62 Å². The van der Waals surface area contributed by atoms with E-state index in [-0.39, 0.29) is 16.8 Å². The fourth-order valence-corrected chi connectivity index (χ4v) is 4.14. The Kier molecular flexibility index (Phi) is 5.19.